The highest BCUT2D eigenvalue weighted by Gasteiger charge is 2.39. The molecule has 24 heavy (non-hydrogen) atoms. The molecule has 130 valence electrons. The van der Waals surface area contributed by atoms with Gasteiger partial charge < -0.3 is 24.8 Å². The van der Waals surface area contributed by atoms with Crippen molar-refractivity contribution in [2.24, 2.45) is 5.92 Å². The second kappa shape index (κ2) is 6.54. The van der Waals surface area contributed by atoms with E-state index in [9.17, 15) is 14.0 Å². The molecule has 1 aliphatic heterocycles. The van der Waals surface area contributed by atoms with Crippen molar-refractivity contribution >= 4 is 12.0 Å². The number of carbonyl (C=O) groups excluding carboxylic acids is 1. The molecule has 1 saturated carbocycles. The van der Waals surface area contributed by atoms with Gasteiger partial charge in [-0.25, -0.2) is 9.18 Å². The van der Waals surface area contributed by atoms with Gasteiger partial charge in [-0.3, -0.25) is 4.79 Å². The Balaban J connectivity index is 1.44. The normalized spacial score (nSPS) is 23.0. The molecule has 1 saturated heterocycles. The summed E-state index contributed by atoms with van der Waals surface area (Å²) in [6, 6.07) is 3.94. The van der Waals surface area contributed by atoms with Crippen molar-refractivity contribution in [2.45, 2.75) is 25.0 Å². The summed E-state index contributed by atoms with van der Waals surface area (Å²) in [6.45, 7) is 0.655. The molecule has 2 aliphatic rings. The lowest BCUT2D eigenvalue weighted by molar-refractivity contribution is -0.132. The van der Waals surface area contributed by atoms with Crippen LogP contribution in [0.2, 0.25) is 0 Å². The van der Waals surface area contributed by atoms with Gasteiger partial charge in [0, 0.05) is 25.1 Å². The van der Waals surface area contributed by atoms with Crippen LogP contribution in [-0.4, -0.2) is 54.4 Å². The third-order valence-corrected chi connectivity index (χ3v) is 4.38. The van der Waals surface area contributed by atoms with Gasteiger partial charge in [-0.15, -0.1) is 0 Å². The van der Waals surface area contributed by atoms with Crippen molar-refractivity contribution in [3.63, 3.8) is 0 Å². The number of nitrogens with zero attached hydrogens (tertiary/aromatic N) is 1. The minimum Gasteiger partial charge on any atom is -0.493 e. The molecule has 2 amide bonds. The molecule has 0 unspecified atom stereocenters. The second-order valence-electron chi connectivity index (χ2n) is 6.10. The zero-order valence-electron chi connectivity index (χ0n) is 13.2. The number of ether oxygens (including phenoxy) is 2. The first kappa shape index (κ1) is 16.4. The molecule has 2 fully saturated rings. The first-order valence-corrected chi connectivity index (χ1v) is 7.74. The summed E-state index contributed by atoms with van der Waals surface area (Å²) in [7, 11) is 1.48. The molecule has 1 heterocycles. The Bertz CT molecular complexity index is 641. The van der Waals surface area contributed by atoms with E-state index in [4.69, 9.17) is 14.6 Å². The van der Waals surface area contributed by atoms with E-state index in [0.29, 0.717) is 37.4 Å². The van der Waals surface area contributed by atoms with Gasteiger partial charge in [0.05, 0.1) is 13.2 Å². The van der Waals surface area contributed by atoms with Crippen LogP contribution in [0.25, 0.3) is 0 Å². The molecule has 7 nitrogen and oxygen atoms in total. The predicted octanol–water partition coefficient (Wildman–Crippen LogP) is 1.47. The third-order valence-electron chi connectivity index (χ3n) is 4.38. The Kier molecular flexibility index (Phi) is 4.46. The van der Waals surface area contributed by atoms with E-state index in [1.54, 1.807) is 0 Å². The first-order chi connectivity index (χ1) is 11.5. The minimum absolute atomic E-state index is 0.0869. The van der Waals surface area contributed by atoms with Gasteiger partial charge in [0.25, 0.3) is 0 Å². The lowest BCUT2D eigenvalue weighted by Crippen LogP contribution is -2.62. The number of hydrogen-bond donors (Lipinski definition) is 2. The second-order valence-corrected chi connectivity index (χ2v) is 6.10. The maximum atomic E-state index is 13.3. The highest BCUT2D eigenvalue weighted by Crippen LogP contribution is 2.36. The molecule has 1 aliphatic carbocycles. The van der Waals surface area contributed by atoms with E-state index in [1.165, 1.54) is 30.2 Å². The number of methoxy groups -OCH3 is 1. The molecule has 0 bridgehead atoms. The topological polar surface area (TPSA) is 88.1 Å². The average molecular weight is 338 g/mol. The van der Waals surface area contributed by atoms with Crippen LogP contribution >= 0.6 is 0 Å². The van der Waals surface area contributed by atoms with Crippen molar-refractivity contribution in [3.05, 3.63) is 24.0 Å². The molecule has 0 spiro atoms. The summed E-state index contributed by atoms with van der Waals surface area (Å²) in [5.74, 6) is 0.127. The predicted molar refractivity (Wildman–Crippen MR) is 81.6 cm³/mol. The highest BCUT2D eigenvalue weighted by atomic mass is 19.1. The van der Waals surface area contributed by atoms with Gasteiger partial charge in [0.2, 0.25) is 5.91 Å². The van der Waals surface area contributed by atoms with Gasteiger partial charge in [0.1, 0.15) is 11.9 Å². The molecule has 1 aromatic rings. The Labute approximate surface area is 138 Å². The highest BCUT2D eigenvalue weighted by molar-refractivity contribution is 5.80. The smallest absolute Gasteiger partial charge is 0.407 e. The maximum absolute atomic E-state index is 13.3. The zero-order chi connectivity index (χ0) is 17.3. The van der Waals surface area contributed by atoms with E-state index in [2.05, 4.69) is 5.32 Å². The van der Waals surface area contributed by atoms with Crippen LogP contribution in [0.4, 0.5) is 9.18 Å². The number of benzene rings is 1. The molecular formula is C16H19FN2O5. The molecule has 1 aromatic carbocycles. The van der Waals surface area contributed by atoms with Crippen molar-refractivity contribution in [2.75, 3.05) is 20.2 Å². The van der Waals surface area contributed by atoms with Crippen molar-refractivity contribution in [1.82, 2.24) is 10.2 Å². The van der Waals surface area contributed by atoms with Gasteiger partial charge in [-0.2, -0.15) is 0 Å². The fraction of sp³-hybridized carbons (Fsp3) is 0.500. The molecule has 8 heteroatoms. The summed E-state index contributed by atoms with van der Waals surface area (Å²) in [4.78, 5) is 24.0. The standard InChI is InChI=1S/C16H19FN2O5/c1-23-13-3-2-10(17)6-14(13)24-12-4-9(5-12)15(20)18-11-7-19(8-11)16(21)22/h2-3,6,9,11-12H,4-5,7-8H2,1H3,(H,18,20)(H,21,22). The summed E-state index contributed by atoms with van der Waals surface area (Å²) >= 11 is 0. The molecule has 3 rings (SSSR count). The summed E-state index contributed by atoms with van der Waals surface area (Å²) < 4.78 is 24.1. The Hall–Kier alpha value is -2.51. The largest absolute Gasteiger partial charge is 0.493 e. The summed E-state index contributed by atoms with van der Waals surface area (Å²) in [6.07, 6.45) is -0.0446. The van der Waals surface area contributed by atoms with Crippen LogP contribution in [0.15, 0.2) is 18.2 Å². The number of carbonyl (C=O) groups is 2. The van der Waals surface area contributed by atoms with Crippen molar-refractivity contribution in [3.8, 4) is 11.5 Å². The fourth-order valence-corrected chi connectivity index (χ4v) is 2.84. The molecule has 0 radical (unpaired) electrons. The van der Waals surface area contributed by atoms with Crippen LogP contribution in [0, 0.1) is 11.7 Å². The van der Waals surface area contributed by atoms with Crippen molar-refractivity contribution in [1.29, 1.82) is 0 Å². The lowest BCUT2D eigenvalue weighted by atomic mass is 9.81. The van der Waals surface area contributed by atoms with E-state index in [1.807, 2.05) is 0 Å². The number of nitrogens with one attached hydrogen (secondary N) is 1. The lowest BCUT2D eigenvalue weighted by Gasteiger charge is -2.40. The summed E-state index contributed by atoms with van der Waals surface area (Å²) in [5, 5.41) is 11.6. The third kappa shape index (κ3) is 3.37. The molecule has 2 N–H and O–H groups in total. The number of halogens is 1. The van der Waals surface area contributed by atoms with Gasteiger partial charge in [0.15, 0.2) is 11.5 Å². The van der Waals surface area contributed by atoms with Gasteiger partial charge >= 0.3 is 6.09 Å². The van der Waals surface area contributed by atoms with E-state index in [0.717, 1.165) is 0 Å². The van der Waals surface area contributed by atoms with Crippen LogP contribution in [-0.2, 0) is 4.79 Å². The van der Waals surface area contributed by atoms with Gasteiger partial charge in [-0.05, 0) is 25.0 Å². The van der Waals surface area contributed by atoms with Crippen LogP contribution in [0.3, 0.4) is 0 Å². The Morgan fingerprint density at radius 3 is 2.62 bits per heavy atom. The number of carboxylic acid groups (broad SMARTS) is 1. The molecule has 0 aromatic heterocycles. The molecular weight excluding hydrogens is 319 g/mol. The Morgan fingerprint density at radius 2 is 2.00 bits per heavy atom. The summed E-state index contributed by atoms with van der Waals surface area (Å²) in [5.41, 5.74) is 0. The van der Waals surface area contributed by atoms with Crippen LogP contribution < -0.4 is 14.8 Å². The van der Waals surface area contributed by atoms with Gasteiger partial charge in [-0.1, -0.05) is 0 Å². The van der Waals surface area contributed by atoms with Crippen LogP contribution in [0.1, 0.15) is 12.8 Å². The van der Waals surface area contributed by atoms with Crippen molar-refractivity contribution < 1.29 is 28.6 Å². The number of likely N-dealkylation sites (tertiary alicyclic amines) is 1. The number of amides is 2. The van der Waals surface area contributed by atoms with Crippen LogP contribution in [0.5, 0.6) is 11.5 Å². The van der Waals surface area contributed by atoms with E-state index >= 15 is 0 Å². The number of rotatable bonds is 5. The Morgan fingerprint density at radius 1 is 1.29 bits per heavy atom. The first-order valence-electron chi connectivity index (χ1n) is 7.74. The maximum Gasteiger partial charge on any atom is 0.407 e. The quantitative estimate of drug-likeness (QED) is 0.849. The molecule has 0 atom stereocenters. The zero-order valence-corrected chi connectivity index (χ0v) is 13.2. The van der Waals surface area contributed by atoms with E-state index in [-0.39, 0.29) is 24.0 Å². The SMILES string of the molecule is COc1ccc(F)cc1OC1CC(C(=O)NC2CN(C(=O)O)C2)C1. The number of hydrogen-bond acceptors (Lipinski definition) is 4. The average Bonchev–Trinajstić information content (AvgIpc) is 2.45. The monoisotopic (exact) mass is 338 g/mol. The minimum atomic E-state index is -0.971. The fourth-order valence-electron chi connectivity index (χ4n) is 2.84. The van der Waals surface area contributed by atoms with E-state index < -0.39 is 11.9 Å².